The molecule has 5 rings (SSSR count). The quantitative estimate of drug-likeness (QED) is 0.0861. The van der Waals surface area contributed by atoms with E-state index in [1.807, 2.05) is 0 Å². The van der Waals surface area contributed by atoms with Crippen molar-refractivity contribution in [1.29, 1.82) is 0 Å². The molecule has 5 heteroatoms. The first kappa shape index (κ1) is 33.5. The molecule has 2 heterocycles. The number of pyridine rings is 2. The van der Waals surface area contributed by atoms with Crippen molar-refractivity contribution in [2.45, 2.75) is 84.6 Å². The summed E-state index contributed by atoms with van der Waals surface area (Å²) in [6, 6.07) is 32.4. The van der Waals surface area contributed by atoms with E-state index in [2.05, 4.69) is 125 Å². The van der Waals surface area contributed by atoms with Crippen LogP contribution in [0.5, 0.6) is 0 Å². The Morgan fingerprint density at radius 2 is 1.09 bits per heavy atom. The molecule has 0 unspecified atom stereocenters. The summed E-state index contributed by atoms with van der Waals surface area (Å²) in [7, 11) is 0. The maximum absolute atomic E-state index is 4.64. The zero-order valence-corrected chi connectivity index (χ0v) is 28.2. The first-order valence-corrected chi connectivity index (χ1v) is 16.5. The predicted octanol–water partition coefficient (Wildman–Crippen LogP) is 6.77. The molecule has 0 fully saturated rings. The average molecular weight is 654 g/mol. The molecule has 0 saturated heterocycles. The van der Waals surface area contributed by atoms with E-state index in [9.17, 15) is 0 Å². The number of nitrogens with zero attached hydrogens (tertiary/aromatic N) is 2. The third-order valence-corrected chi connectivity index (χ3v) is 8.53. The summed E-state index contributed by atoms with van der Waals surface area (Å²) in [5.41, 5.74) is 8.55. The molecule has 4 nitrogen and oxygen atoms in total. The highest BCUT2D eigenvalue weighted by atomic mass is 79.9. The van der Waals surface area contributed by atoms with Crippen LogP contribution in [0.3, 0.4) is 0 Å². The second-order valence-electron chi connectivity index (χ2n) is 12.0. The second-order valence-corrected chi connectivity index (χ2v) is 12.0. The van der Waals surface area contributed by atoms with Gasteiger partial charge in [0.15, 0.2) is 12.2 Å². The van der Waals surface area contributed by atoms with E-state index in [1.165, 1.54) is 103 Å². The number of anilines is 2. The molecule has 232 valence electrons. The molecule has 0 aliphatic carbocycles. The molecule has 0 amide bonds. The number of hydrogen-bond donors (Lipinski definition) is 2. The Bertz CT molecular complexity index is 1580. The molecule has 0 radical (unpaired) electrons. The van der Waals surface area contributed by atoms with E-state index in [4.69, 9.17) is 0 Å². The third-order valence-electron chi connectivity index (χ3n) is 8.53. The van der Waals surface area contributed by atoms with Crippen LogP contribution >= 0.6 is 0 Å². The maximum Gasteiger partial charge on any atom is 0.215 e. The van der Waals surface area contributed by atoms with Crippen LogP contribution in [-0.4, -0.2) is 18.1 Å². The van der Waals surface area contributed by atoms with Gasteiger partial charge in [0.25, 0.3) is 0 Å². The number of rotatable bonds is 17. The van der Waals surface area contributed by atoms with Crippen LogP contribution in [0.1, 0.15) is 81.2 Å². The van der Waals surface area contributed by atoms with Crippen LogP contribution in [-0.2, 0) is 6.54 Å². The van der Waals surface area contributed by atoms with Crippen molar-refractivity contribution in [3.05, 3.63) is 108 Å². The van der Waals surface area contributed by atoms with Crippen LogP contribution in [0.2, 0.25) is 0 Å². The zero-order chi connectivity index (χ0) is 29.7. The summed E-state index contributed by atoms with van der Waals surface area (Å²) in [5.74, 6) is 0. The van der Waals surface area contributed by atoms with Gasteiger partial charge >= 0.3 is 0 Å². The Morgan fingerprint density at radius 3 is 1.75 bits per heavy atom. The molecular formula is C39H49BrN4. The average Bonchev–Trinajstić information content (AvgIpc) is 3.03. The Hall–Kier alpha value is -3.44. The minimum absolute atomic E-state index is 0. The van der Waals surface area contributed by atoms with Crippen LogP contribution < -0.4 is 32.2 Å². The number of aryl methyl sites for hydroxylation is 2. The highest BCUT2D eigenvalue weighted by molar-refractivity contribution is 5.91. The van der Waals surface area contributed by atoms with Crippen LogP contribution in [0, 0.1) is 13.8 Å². The molecular weight excluding hydrogens is 604 g/mol. The Labute approximate surface area is 275 Å². The highest BCUT2D eigenvalue weighted by Gasteiger charge is 2.16. The summed E-state index contributed by atoms with van der Waals surface area (Å²) in [6.07, 6.45) is 13.2. The fraction of sp³-hybridized carbons (Fsp3) is 0.385. The molecule has 2 N–H and O–H groups in total. The molecule has 44 heavy (non-hydrogen) atoms. The number of nitrogens with one attached hydrogen (secondary N) is 2. The maximum atomic E-state index is 4.64. The molecule has 0 saturated carbocycles. The number of hydrogen-bond acceptors (Lipinski definition) is 3. The van der Waals surface area contributed by atoms with Gasteiger partial charge in [-0.05, 0) is 38.0 Å². The number of unbranched alkanes of at least 4 members (excludes halogenated alkanes) is 9. The first-order valence-electron chi connectivity index (χ1n) is 16.5. The lowest BCUT2D eigenvalue weighted by Gasteiger charge is -2.12. The van der Waals surface area contributed by atoms with Crippen molar-refractivity contribution >= 4 is 33.2 Å². The normalized spacial score (nSPS) is 11.0. The molecule has 0 atom stereocenters. The topological polar surface area (TPSA) is 40.8 Å². The molecule has 5 aromatic rings. The number of para-hydroxylation sites is 2. The fourth-order valence-electron chi connectivity index (χ4n) is 6.18. The standard InChI is InChI=1S/C39H48N4.BrH/c1-31-28-37(34-22-14-16-24-36(34)42-31)40-26-18-9-7-5-3-4-6-8-10-19-27-41-38-29-32(2)43(30-33-20-12-11-13-21-33)39-25-17-15-23-35(38)39;/h11-17,20-25,28-29H,3-10,18-19,26-27,30H2,1-2H3,(H,40,42);1H. The van der Waals surface area contributed by atoms with Gasteiger partial charge < -0.3 is 27.6 Å². The van der Waals surface area contributed by atoms with Crippen molar-refractivity contribution in [2.24, 2.45) is 0 Å². The van der Waals surface area contributed by atoms with E-state index in [0.29, 0.717) is 0 Å². The summed E-state index contributed by atoms with van der Waals surface area (Å²) >= 11 is 0. The van der Waals surface area contributed by atoms with Gasteiger partial charge in [-0.2, -0.15) is 4.57 Å². The summed E-state index contributed by atoms with van der Waals surface area (Å²) in [5, 5.41) is 9.93. The summed E-state index contributed by atoms with van der Waals surface area (Å²) < 4.78 is 2.43. The number of benzene rings is 3. The Balaban J connectivity index is 0.00000442. The number of fused-ring (bicyclic) bond motifs is 2. The van der Waals surface area contributed by atoms with E-state index >= 15 is 0 Å². The smallest absolute Gasteiger partial charge is 0.215 e. The van der Waals surface area contributed by atoms with E-state index in [1.54, 1.807) is 0 Å². The van der Waals surface area contributed by atoms with Crippen molar-refractivity contribution < 1.29 is 21.5 Å². The predicted molar refractivity (Wildman–Crippen MR) is 184 cm³/mol. The Kier molecular flexibility index (Phi) is 13.5. The van der Waals surface area contributed by atoms with Crippen molar-refractivity contribution in [1.82, 2.24) is 4.98 Å². The lowest BCUT2D eigenvalue weighted by molar-refractivity contribution is -0.668. The zero-order valence-electron chi connectivity index (χ0n) is 26.6. The molecule has 3 aromatic carbocycles. The lowest BCUT2D eigenvalue weighted by atomic mass is 10.1. The summed E-state index contributed by atoms with van der Waals surface area (Å²) in [6.45, 7) is 7.27. The molecule has 0 bridgehead atoms. The van der Waals surface area contributed by atoms with Gasteiger partial charge in [-0.15, -0.1) is 0 Å². The van der Waals surface area contributed by atoms with Gasteiger partial charge in [-0.3, -0.25) is 4.98 Å². The van der Waals surface area contributed by atoms with Gasteiger partial charge in [0.1, 0.15) is 0 Å². The third kappa shape index (κ3) is 9.53. The van der Waals surface area contributed by atoms with Gasteiger partial charge in [0, 0.05) is 54.5 Å². The van der Waals surface area contributed by atoms with Gasteiger partial charge in [0.2, 0.25) is 5.52 Å². The number of halogens is 1. The van der Waals surface area contributed by atoms with Gasteiger partial charge in [0.05, 0.1) is 16.6 Å². The molecule has 0 spiro atoms. The molecule has 0 aliphatic rings. The van der Waals surface area contributed by atoms with Crippen molar-refractivity contribution in [2.75, 3.05) is 23.7 Å². The first-order chi connectivity index (χ1) is 21.2. The van der Waals surface area contributed by atoms with Crippen LogP contribution in [0.4, 0.5) is 11.4 Å². The van der Waals surface area contributed by atoms with Crippen molar-refractivity contribution in [3.63, 3.8) is 0 Å². The Morgan fingerprint density at radius 1 is 0.568 bits per heavy atom. The van der Waals surface area contributed by atoms with Crippen molar-refractivity contribution in [3.8, 4) is 0 Å². The van der Waals surface area contributed by atoms with Gasteiger partial charge in [-0.25, -0.2) is 0 Å². The van der Waals surface area contributed by atoms with E-state index in [0.717, 1.165) is 30.8 Å². The highest BCUT2D eigenvalue weighted by Crippen LogP contribution is 2.24. The fourth-order valence-corrected chi connectivity index (χ4v) is 6.18. The number of aromatic nitrogens is 2. The monoisotopic (exact) mass is 652 g/mol. The minimum atomic E-state index is 0. The second kappa shape index (κ2) is 17.8. The minimum Gasteiger partial charge on any atom is -1.00 e. The largest absolute Gasteiger partial charge is 1.00 e. The van der Waals surface area contributed by atoms with E-state index in [-0.39, 0.29) is 17.0 Å². The molecule has 2 aromatic heterocycles. The van der Waals surface area contributed by atoms with Crippen LogP contribution in [0.15, 0.2) is 91.0 Å². The SMILES string of the molecule is Cc1cc(NCCCCCCCCCCCCNc2cc(C)[n+](Cc3ccccc3)c3ccccc23)c2ccccc2n1.[Br-]. The molecule has 0 aliphatic heterocycles. The summed E-state index contributed by atoms with van der Waals surface area (Å²) in [4.78, 5) is 4.64. The van der Waals surface area contributed by atoms with E-state index < -0.39 is 0 Å². The lowest BCUT2D eigenvalue weighted by Crippen LogP contribution is -3.00. The van der Waals surface area contributed by atoms with Gasteiger partial charge in [-0.1, -0.05) is 112 Å². The van der Waals surface area contributed by atoms with Crippen LogP contribution in [0.25, 0.3) is 21.8 Å².